The van der Waals surface area contributed by atoms with Crippen LogP contribution in [0.15, 0.2) is 34.9 Å². The molecule has 2 aromatic rings. The first-order valence-corrected chi connectivity index (χ1v) is 9.19. The molecule has 0 aliphatic heterocycles. The van der Waals surface area contributed by atoms with E-state index < -0.39 is 5.82 Å². The van der Waals surface area contributed by atoms with Crippen molar-refractivity contribution in [2.75, 3.05) is 7.11 Å². The second-order valence-electron chi connectivity index (χ2n) is 7.22. The Morgan fingerprint density at radius 2 is 1.93 bits per heavy atom. The minimum absolute atomic E-state index is 0.0681. The Kier molecular flexibility index (Phi) is 6.70. The second kappa shape index (κ2) is 8.61. The van der Waals surface area contributed by atoms with Gasteiger partial charge in [-0.3, -0.25) is 14.6 Å². The van der Waals surface area contributed by atoms with Crippen LogP contribution in [0.5, 0.6) is 5.75 Å². The number of aromatic nitrogens is 1. The van der Waals surface area contributed by atoms with Crippen molar-refractivity contribution in [3.05, 3.63) is 57.6 Å². The van der Waals surface area contributed by atoms with Crippen molar-refractivity contribution in [1.29, 1.82) is 0 Å². The summed E-state index contributed by atoms with van der Waals surface area (Å²) in [7, 11) is 1.48. The molecule has 1 aromatic heterocycles. The summed E-state index contributed by atoms with van der Waals surface area (Å²) in [5.41, 5.74) is 0.771. The van der Waals surface area contributed by atoms with Crippen molar-refractivity contribution in [3.8, 4) is 5.75 Å². The lowest BCUT2D eigenvalue weighted by atomic mass is 10.0. The zero-order valence-electron chi connectivity index (χ0n) is 15.7. The van der Waals surface area contributed by atoms with Crippen LogP contribution < -0.4 is 10.1 Å². The van der Waals surface area contributed by atoms with Gasteiger partial charge in [0.2, 0.25) is 0 Å². The predicted molar refractivity (Wildman–Crippen MR) is 105 cm³/mol. The van der Waals surface area contributed by atoms with Gasteiger partial charge in [-0.1, -0.05) is 0 Å². The third-order valence-electron chi connectivity index (χ3n) is 3.66. The number of nitrogens with one attached hydrogen (secondary N) is 1. The SMILES string of the molecule is COc1cc(CC(=O)Cc2ccnc(C(=O)NC(C)(C)C)c2)c(F)cc1Br. The van der Waals surface area contributed by atoms with Crippen molar-refractivity contribution in [1.82, 2.24) is 10.3 Å². The number of nitrogens with zero attached hydrogens (tertiary/aromatic N) is 1. The van der Waals surface area contributed by atoms with Gasteiger partial charge in [-0.05, 0) is 72.1 Å². The number of rotatable bonds is 6. The van der Waals surface area contributed by atoms with Crippen LogP contribution >= 0.6 is 15.9 Å². The number of carbonyl (C=O) groups excluding carboxylic acids is 2. The molecule has 1 N–H and O–H groups in total. The maximum absolute atomic E-state index is 14.1. The van der Waals surface area contributed by atoms with Gasteiger partial charge >= 0.3 is 0 Å². The molecule has 0 bridgehead atoms. The fraction of sp³-hybridized carbons (Fsp3) is 0.350. The predicted octanol–water partition coefficient (Wildman–Crippen LogP) is 3.87. The number of hydrogen-bond donors (Lipinski definition) is 1. The molecule has 0 saturated heterocycles. The van der Waals surface area contributed by atoms with Crippen molar-refractivity contribution in [2.45, 2.75) is 39.2 Å². The summed E-state index contributed by atoms with van der Waals surface area (Å²) >= 11 is 3.21. The summed E-state index contributed by atoms with van der Waals surface area (Å²) in [6.45, 7) is 5.62. The van der Waals surface area contributed by atoms with Crippen molar-refractivity contribution < 1.29 is 18.7 Å². The van der Waals surface area contributed by atoms with E-state index in [0.717, 1.165) is 0 Å². The Balaban J connectivity index is 2.11. The minimum Gasteiger partial charge on any atom is -0.496 e. The van der Waals surface area contributed by atoms with Crippen LogP contribution in [0.25, 0.3) is 0 Å². The number of halogens is 2. The first-order valence-electron chi connectivity index (χ1n) is 8.40. The van der Waals surface area contributed by atoms with Crippen molar-refractivity contribution in [3.63, 3.8) is 0 Å². The number of ether oxygens (including phenoxy) is 1. The molecule has 5 nitrogen and oxygen atoms in total. The van der Waals surface area contributed by atoms with Gasteiger partial charge in [0.25, 0.3) is 5.91 Å². The van der Waals surface area contributed by atoms with E-state index in [-0.39, 0.29) is 41.3 Å². The molecule has 2 rings (SSSR count). The fourth-order valence-electron chi connectivity index (χ4n) is 2.48. The van der Waals surface area contributed by atoms with Crippen LogP contribution in [-0.2, 0) is 17.6 Å². The normalized spacial score (nSPS) is 11.2. The van der Waals surface area contributed by atoms with Crippen molar-refractivity contribution >= 4 is 27.6 Å². The van der Waals surface area contributed by atoms with Crippen LogP contribution in [-0.4, -0.2) is 29.3 Å². The first kappa shape index (κ1) is 21.0. The van der Waals surface area contributed by atoms with Crippen LogP contribution in [0, 0.1) is 5.82 Å². The average Bonchev–Trinajstić information content (AvgIpc) is 2.56. The van der Waals surface area contributed by atoms with E-state index in [0.29, 0.717) is 15.8 Å². The van der Waals surface area contributed by atoms with E-state index in [1.165, 1.54) is 25.4 Å². The summed E-state index contributed by atoms with van der Waals surface area (Å²) in [6.07, 6.45) is 1.50. The smallest absolute Gasteiger partial charge is 0.270 e. The molecular weight excluding hydrogens is 415 g/mol. The number of pyridine rings is 1. The van der Waals surface area contributed by atoms with Crippen LogP contribution in [0.3, 0.4) is 0 Å². The van der Waals surface area contributed by atoms with Gasteiger partial charge in [0.1, 0.15) is 23.0 Å². The minimum atomic E-state index is -0.476. The fourth-order valence-corrected chi connectivity index (χ4v) is 2.96. The van der Waals surface area contributed by atoms with E-state index >= 15 is 0 Å². The lowest BCUT2D eigenvalue weighted by Gasteiger charge is -2.20. The number of amides is 1. The highest BCUT2D eigenvalue weighted by atomic mass is 79.9. The summed E-state index contributed by atoms with van der Waals surface area (Å²) in [5.74, 6) is -0.493. The molecule has 0 spiro atoms. The largest absolute Gasteiger partial charge is 0.496 e. The standard InChI is InChI=1S/C20H22BrFN2O3/c1-20(2,3)24-19(26)17-8-12(5-6-23-17)7-14(25)9-13-10-18(27-4)15(21)11-16(13)22/h5-6,8,10-11H,7,9H2,1-4H3,(H,24,26). The quantitative estimate of drug-likeness (QED) is 0.745. The maximum Gasteiger partial charge on any atom is 0.270 e. The molecule has 1 aromatic carbocycles. The Labute approximate surface area is 166 Å². The van der Waals surface area contributed by atoms with Gasteiger partial charge in [0.05, 0.1) is 11.6 Å². The van der Waals surface area contributed by atoms with Crippen LogP contribution in [0.1, 0.15) is 42.4 Å². The molecule has 1 heterocycles. The number of carbonyl (C=O) groups is 2. The highest BCUT2D eigenvalue weighted by Gasteiger charge is 2.17. The number of hydrogen-bond acceptors (Lipinski definition) is 4. The lowest BCUT2D eigenvalue weighted by Crippen LogP contribution is -2.40. The van der Waals surface area contributed by atoms with Gasteiger partial charge in [-0.25, -0.2) is 4.39 Å². The van der Waals surface area contributed by atoms with Gasteiger partial charge in [0, 0.05) is 24.6 Å². The van der Waals surface area contributed by atoms with Crippen LogP contribution in [0.2, 0.25) is 0 Å². The molecule has 144 valence electrons. The van der Waals surface area contributed by atoms with Gasteiger partial charge in [-0.15, -0.1) is 0 Å². The topological polar surface area (TPSA) is 68.3 Å². The molecule has 1 amide bonds. The Bertz CT molecular complexity index is 863. The third kappa shape index (κ3) is 6.13. The number of methoxy groups -OCH3 is 1. The zero-order valence-corrected chi connectivity index (χ0v) is 17.3. The Morgan fingerprint density at radius 3 is 2.56 bits per heavy atom. The Hall–Kier alpha value is -2.28. The first-order chi connectivity index (χ1) is 12.6. The van der Waals surface area contributed by atoms with Gasteiger partial charge in [0.15, 0.2) is 0 Å². The van der Waals surface area contributed by atoms with E-state index in [1.54, 1.807) is 12.1 Å². The average molecular weight is 437 g/mol. The highest BCUT2D eigenvalue weighted by molar-refractivity contribution is 9.10. The van der Waals surface area contributed by atoms with E-state index in [1.807, 2.05) is 20.8 Å². The highest BCUT2D eigenvalue weighted by Crippen LogP contribution is 2.28. The molecular formula is C20H22BrFN2O3. The lowest BCUT2D eigenvalue weighted by molar-refractivity contribution is -0.117. The maximum atomic E-state index is 14.1. The molecule has 0 aliphatic rings. The summed E-state index contributed by atoms with van der Waals surface area (Å²) in [6, 6.07) is 6.04. The van der Waals surface area contributed by atoms with Gasteiger partial charge < -0.3 is 10.1 Å². The number of ketones is 1. The molecule has 27 heavy (non-hydrogen) atoms. The van der Waals surface area contributed by atoms with Crippen LogP contribution in [0.4, 0.5) is 4.39 Å². The summed E-state index contributed by atoms with van der Waals surface area (Å²) in [5, 5.41) is 2.83. The molecule has 7 heteroatoms. The van der Waals surface area contributed by atoms with E-state index in [9.17, 15) is 14.0 Å². The molecule has 0 unspecified atom stereocenters. The van der Waals surface area contributed by atoms with E-state index in [4.69, 9.17) is 4.74 Å². The summed E-state index contributed by atoms with van der Waals surface area (Å²) < 4.78 is 19.7. The third-order valence-corrected chi connectivity index (χ3v) is 4.27. The van der Waals surface area contributed by atoms with Gasteiger partial charge in [-0.2, -0.15) is 0 Å². The number of benzene rings is 1. The summed E-state index contributed by atoms with van der Waals surface area (Å²) in [4.78, 5) is 28.7. The van der Waals surface area contributed by atoms with E-state index in [2.05, 4.69) is 26.2 Å². The molecule has 0 saturated carbocycles. The molecule has 0 radical (unpaired) electrons. The molecule has 0 aliphatic carbocycles. The monoisotopic (exact) mass is 436 g/mol. The molecule has 0 atom stereocenters. The number of Topliss-reactive ketones (excluding diaryl/α,β-unsaturated/α-hetero) is 1. The molecule has 0 fully saturated rings. The van der Waals surface area contributed by atoms with Crippen molar-refractivity contribution in [2.24, 2.45) is 0 Å². The Morgan fingerprint density at radius 1 is 1.22 bits per heavy atom. The zero-order chi connectivity index (χ0) is 20.2. The second-order valence-corrected chi connectivity index (χ2v) is 8.08.